The van der Waals surface area contributed by atoms with Crippen molar-refractivity contribution in [3.05, 3.63) is 34.9 Å². The number of hydrogen-bond donors (Lipinski definition) is 0. The fourth-order valence-electron chi connectivity index (χ4n) is 2.77. The summed E-state index contributed by atoms with van der Waals surface area (Å²) in [6.07, 6.45) is 3.92. The Morgan fingerprint density at radius 2 is 1.76 bits per heavy atom. The van der Waals surface area contributed by atoms with Gasteiger partial charge in [0.15, 0.2) is 0 Å². The van der Waals surface area contributed by atoms with Crippen molar-refractivity contribution in [1.29, 1.82) is 0 Å². The van der Waals surface area contributed by atoms with E-state index in [1.807, 2.05) is 12.1 Å². The highest BCUT2D eigenvalue weighted by atomic mass is 35.5. The number of likely N-dealkylation sites (tertiary alicyclic amines) is 1. The lowest BCUT2D eigenvalue weighted by Crippen LogP contribution is -2.46. The topological polar surface area (TPSA) is 3.24 Å². The predicted octanol–water partition coefficient (Wildman–Crippen LogP) is 4.67. The van der Waals surface area contributed by atoms with Gasteiger partial charge in [0, 0.05) is 16.6 Å². The number of rotatable bonds is 1. The lowest BCUT2D eigenvalue weighted by Gasteiger charge is -2.45. The van der Waals surface area contributed by atoms with E-state index >= 15 is 0 Å². The molecule has 1 heterocycles. The molecule has 0 bridgehead atoms. The second-order valence-corrected chi connectivity index (χ2v) is 6.36. The normalized spacial score (nSPS) is 22.7. The summed E-state index contributed by atoms with van der Waals surface area (Å²) in [5.41, 5.74) is 1.65. The summed E-state index contributed by atoms with van der Waals surface area (Å²) in [5, 5.41) is 0.826. The largest absolute Gasteiger partial charge is 0.291 e. The number of nitrogens with zero attached hydrogens (tertiary/aromatic N) is 1. The van der Waals surface area contributed by atoms with Gasteiger partial charge in [-0.05, 0) is 57.9 Å². The molecule has 1 aromatic carbocycles. The van der Waals surface area contributed by atoms with Crippen LogP contribution in [0.5, 0.6) is 0 Å². The Labute approximate surface area is 110 Å². The van der Waals surface area contributed by atoms with Crippen LogP contribution in [0.4, 0.5) is 0 Å². The van der Waals surface area contributed by atoms with Gasteiger partial charge in [0.1, 0.15) is 0 Å². The van der Waals surface area contributed by atoms with Crippen LogP contribution in [0.25, 0.3) is 0 Å². The molecule has 1 aliphatic rings. The third kappa shape index (κ3) is 3.02. The molecular weight excluding hydrogens is 230 g/mol. The van der Waals surface area contributed by atoms with Gasteiger partial charge in [0.25, 0.3) is 0 Å². The molecule has 1 fully saturated rings. The van der Waals surface area contributed by atoms with Gasteiger partial charge in [0.05, 0.1) is 0 Å². The molecule has 0 N–H and O–H groups in total. The molecule has 2 rings (SSSR count). The maximum absolute atomic E-state index is 5.96. The van der Waals surface area contributed by atoms with E-state index in [9.17, 15) is 0 Å². The molecule has 1 saturated heterocycles. The smallest absolute Gasteiger partial charge is 0.0406 e. The molecule has 0 radical (unpaired) electrons. The highest BCUT2D eigenvalue weighted by Crippen LogP contribution is 2.36. The summed E-state index contributed by atoms with van der Waals surface area (Å²) in [6, 6.07) is 8.92. The van der Waals surface area contributed by atoms with Crippen molar-refractivity contribution >= 4 is 11.6 Å². The molecule has 1 nitrogen and oxygen atoms in total. The summed E-state index contributed by atoms with van der Waals surface area (Å²) < 4.78 is 0. The monoisotopic (exact) mass is 251 g/mol. The van der Waals surface area contributed by atoms with Crippen LogP contribution in [-0.4, -0.2) is 17.0 Å². The predicted molar refractivity (Wildman–Crippen MR) is 74.5 cm³/mol. The Morgan fingerprint density at radius 1 is 1.12 bits per heavy atom. The van der Waals surface area contributed by atoms with E-state index in [0.717, 1.165) is 5.02 Å². The zero-order chi connectivity index (χ0) is 12.5. The number of piperidine rings is 1. The molecule has 1 unspecified atom stereocenters. The molecule has 0 saturated carbocycles. The zero-order valence-corrected chi connectivity index (χ0v) is 11.8. The van der Waals surface area contributed by atoms with Crippen LogP contribution in [0.3, 0.4) is 0 Å². The third-order valence-electron chi connectivity index (χ3n) is 3.62. The Balaban J connectivity index is 2.25. The van der Waals surface area contributed by atoms with Gasteiger partial charge >= 0.3 is 0 Å². The van der Waals surface area contributed by atoms with Crippen LogP contribution in [0.2, 0.25) is 5.02 Å². The average molecular weight is 252 g/mol. The summed E-state index contributed by atoms with van der Waals surface area (Å²) in [6.45, 7) is 8.13. The Hall–Kier alpha value is -0.530. The number of benzene rings is 1. The van der Waals surface area contributed by atoms with Crippen molar-refractivity contribution in [2.45, 2.75) is 51.6 Å². The first-order valence-electron chi connectivity index (χ1n) is 6.51. The van der Waals surface area contributed by atoms with Crippen molar-refractivity contribution in [2.75, 3.05) is 6.54 Å². The molecule has 0 amide bonds. The molecule has 0 aromatic heterocycles. The number of hydrogen-bond acceptors (Lipinski definition) is 1. The van der Waals surface area contributed by atoms with E-state index in [2.05, 4.69) is 37.8 Å². The molecule has 1 atom stereocenters. The van der Waals surface area contributed by atoms with Crippen molar-refractivity contribution in [2.24, 2.45) is 0 Å². The van der Waals surface area contributed by atoms with Crippen LogP contribution in [0.1, 0.15) is 51.6 Å². The van der Waals surface area contributed by atoms with Gasteiger partial charge < -0.3 is 0 Å². The molecule has 17 heavy (non-hydrogen) atoms. The van der Waals surface area contributed by atoms with E-state index in [1.165, 1.54) is 31.4 Å². The van der Waals surface area contributed by atoms with Crippen molar-refractivity contribution in [3.63, 3.8) is 0 Å². The van der Waals surface area contributed by atoms with Crippen LogP contribution in [0, 0.1) is 0 Å². The summed E-state index contributed by atoms with van der Waals surface area (Å²) >= 11 is 5.96. The number of halogens is 1. The molecule has 2 heteroatoms. The zero-order valence-electron chi connectivity index (χ0n) is 11.0. The lowest BCUT2D eigenvalue weighted by molar-refractivity contribution is 0.0509. The van der Waals surface area contributed by atoms with Crippen LogP contribution < -0.4 is 0 Å². The first-order valence-corrected chi connectivity index (χ1v) is 6.88. The minimum Gasteiger partial charge on any atom is -0.291 e. The molecule has 0 spiro atoms. The summed E-state index contributed by atoms with van der Waals surface area (Å²) in [4.78, 5) is 2.62. The lowest BCUT2D eigenvalue weighted by atomic mass is 9.90. The molecule has 1 aliphatic heterocycles. The van der Waals surface area contributed by atoms with Crippen LogP contribution in [-0.2, 0) is 0 Å². The summed E-state index contributed by atoms with van der Waals surface area (Å²) in [7, 11) is 0. The second kappa shape index (κ2) is 4.99. The highest BCUT2D eigenvalue weighted by molar-refractivity contribution is 6.30. The van der Waals surface area contributed by atoms with Crippen molar-refractivity contribution in [3.8, 4) is 0 Å². The average Bonchev–Trinajstić information content (AvgIpc) is 2.29. The Morgan fingerprint density at radius 3 is 2.35 bits per heavy atom. The fraction of sp³-hybridized carbons (Fsp3) is 0.600. The summed E-state index contributed by atoms with van der Waals surface area (Å²) in [5.74, 6) is 0. The van der Waals surface area contributed by atoms with E-state index in [0.29, 0.717) is 6.04 Å². The van der Waals surface area contributed by atoms with Crippen molar-refractivity contribution < 1.29 is 0 Å². The van der Waals surface area contributed by atoms with Crippen molar-refractivity contribution in [1.82, 2.24) is 4.90 Å². The van der Waals surface area contributed by atoms with E-state index in [-0.39, 0.29) is 5.54 Å². The Bertz CT molecular complexity index is 364. The second-order valence-electron chi connectivity index (χ2n) is 5.93. The minimum absolute atomic E-state index is 0.241. The van der Waals surface area contributed by atoms with Crippen LogP contribution in [0.15, 0.2) is 24.3 Å². The van der Waals surface area contributed by atoms with Gasteiger partial charge in [-0.15, -0.1) is 0 Å². The first kappa shape index (κ1) is 12.9. The van der Waals surface area contributed by atoms with Gasteiger partial charge in [-0.1, -0.05) is 30.2 Å². The first-order chi connectivity index (χ1) is 7.98. The maximum Gasteiger partial charge on any atom is 0.0406 e. The maximum atomic E-state index is 5.96. The molecule has 94 valence electrons. The molecule has 1 aromatic rings. The van der Waals surface area contributed by atoms with E-state index in [4.69, 9.17) is 11.6 Å². The quantitative estimate of drug-likeness (QED) is 0.701. The van der Waals surface area contributed by atoms with Gasteiger partial charge in [-0.3, -0.25) is 4.90 Å². The van der Waals surface area contributed by atoms with E-state index in [1.54, 1.807) is 0 Å². The minimum atomic E-state index is 0.241. The standard InChI is InChI=1S/C15H22ClN/c1-15(2,3)17-11-5-4-6-14(17)12-7-9-13(16)10-8-12/h7-10,14H,4-6,11H2,1-3H3. The highest BCUT2D eigenvalue weighted by Gasteiger charge is 2.31. The molecule has 0 aliphatic carbocycles. The fourth-order valence-corrected chi connectivity index (χ4v) is 2.89. The third-order valence-corrected chi connectivity index (χ3v) is 3.87. The van der Waals surface area contributed by atoms with Crippen LogP contribution >= 0.6 is 11.6 Å². The van der Waals surface area contributed by atoms with Gasteiger partial charge in [0.2, 0.25) is 0 Å². The van der Waals surface area contributed by atoms with Gasteiger partial charge in [-0.2, -0.15) is 0 Å². The van der Waals surface area contributed by atoms with Gasteiger partial charge in [-0.25, -0.2) is 0 Å². The van der Waals surface area contributed by atoms with E-state index < -0.39 is 0 Å². The Kier molecular flexibility index (Phi) is 3.79. The molecular formula is C15H22ClN. The SMILES string of the molecule is CC(C)(C)N1CCCCC1c1ccc(Cl)cc1.